The summed E-state index contributed by atoms with van der Waals surface area (Å²) in [5.41, 5.74) is 1.27. The van der Waals surface area contributed by atoms with Gasteiger partial charge in [0.25, 0.3) is 0 Å². The van der Waals surface area contributed by atoms with Gasteiger partial charge < -0.3 is 10.2 Å². The molecule has 0 atom stereocenters. The highest BCUT2D eigenvalue weighted by atomic mass is 15.1. The molecule has 0 bridgehead atoms. The Morgan fingerprint density at radius 3 is 2.65 bits per heavy atom. The van der Waals surface area contributed by atoms with Crippen molar-refractivity contribution in [3.05, 3.63) is 23.9 Å². The summed E-state index contributed by atoms with van der Waals surface area (Å²) in [5, 5.41) is 3.28. The molecule has 0 radical (unpaired) electrons. The van der Waals surface area contributed by atoms with Crippen LogP contribution in [0, 0.1) is 5.92 Å². The van der Waals surface area contributed by atoms with Crippen molar-refractivity contribution in [3.63, 3.8) is 0 Å². The monoisotopic (exact) mass is 235 g/mol. The van der Waals surface area contributed by atoms with Crippen LogP contribution in [-0.4, -0.2) is 30.0 Å². The Labute approximate surface area is 105 Å². The maximum absolute atomic E-state index is 4.41. The Kier molecular flexibility index (Phi) is 5.98. The molecule has 0 aliphatic heterocycles. The van der Waals surface area contributed by atoms with E-state index in [2.05, 4.69) is 55.2 Å². The van der Waals surface area contributed by atoms with Gasteiger partial charge in [0, 0.05) is 25.8 Å². The molecular weight excluding hydrogens is 210 g/mol. The fraction of sp³-hybridized carbons (Fsp3) is 0.643. The first-order chi connectivity index (χ1) is 8.11. The lowest BCUT2D eigenvalue weighted by Gasteiger charge is -2.18. The molecule has 0 unspecified atom stereocenters. The van der Waals surface area contributed by atoms with Crippen molar-refractivity contribution in [2.75, 3.05) is 25.5 Å². The SMILES string of the molecule is CCCNc1ccc(CN(C)CC(C)C)cn1. The average molecular weight is 235 g/mol. The van der Waals surface area contributed by atoms with Gasteiger partial charge in [-0.3, -0.25) is 0 Å². The number of nitrogens with one attached hydrogen (secondary N) is 1. The minimum atomic E-state index is 0.707. The van der Waals surface area contributed by atoms with Crippen LogP contribution >= 0.6 is 0 Å². The largest absolute Gasteiger partial charge is 0.370 e. The van der Waals surface area contributed by atoms with Crippen molar-refractivity contribution >= 4 is 5.82 Å². The Hall–Kier alpha value is -1.09. The van der Waals surface area contributed by atoms with Gasteiger partial charge in [0.05, 0.1) is 0 Å². The highest BCUT2D eigenvalue weighted by Gasteiger charge is 2.03. The third-order valence-corrected chi connectivity index (χ3v) is 2.51. The fourth-order valence-electron chi connectivity index (χ4n) is 1.88. The van der Waals surface area contributed by atoms with Crippen molar-refractivity contribution in [2.24, 2.45) is 5.92 Å². The molecule has 0 aromatic carbocycles. The van der Waals surface area contributed by atoms with Gasteiger partial charge in [-0.2, -0.15) is 0 Å². The number of hydrogen-bond donors (Lipinski definition) is 1. The number of rotatable bonds is 7. The number of hydrogen-bond acceptors (Lipinski definition) is 3. The van der Waals surface area contributed by atoms with Crippen LogP contribution in [0.25, 0.3) is 0 Å². The quantitative estimate of drug-likeness (QED) is 0.787. The van der Waals surface area contributed by atoms with E-state index in [1.807, 2.05) is 6.20 Å². The molecule has 0 spiro atoms. The first-order valence-electron chi connectivity index (χ1n) is 6.49. The fourth-order valence-corrected chi connectivity index (χ4v) is 1.88. The molecule has 3 nitrogen and oxygen atoms in total. The van der Waals surface area contributed by atoms with Gasteiger partial charge in [0.1, 0.15) is 5.82 Å². The van der Waals surface area contributed by atoms with Crippen LogP contribution in [0.15, 0.2) is 18.3 Å². The van der Waals surface area contributed by atoms with Gasteiger partial charge in [0.15, 0.2) is 0 Å². The van der Waals surface area contributed by atoms with Crippen molar-refractivity contribution in [1.29, 1.82) is 0 Å². The molecule has 0 amide bonds. The standard InChI is InChI=1S/C14H25N3/c1-5-8-15-14-7-6-13(9-16-14)11-17(4)10-12(2)3/h6-7,9,12H,5,8,10-11H2,1-4H3,(H,15,16). The number of aromatic nitrogens is 1. The summed E-state index contributed by atoms with van der Waals surface area (Å²) >= 11 is 0. The second-order valence-corrected chi connectivity index (χ2v) is 5.07. The molecular formula is C14H25N3. The van der Waals surface area contributed by atoms with Crippen LogP contribution in [0.5, 0.6) is 0 Å². The number of nitrogens with zero attached hydrogens (tertiary/aromatic N) is 2. The lowest BCUT2D eigenvalue weighted by Crippen LogP contribution is -2.22. The number of anilines is 1. The summed E-state index contributed by atoms with van der Waals surface area (Å²) in [5.74, 6) is 1.68. The summed E-state index contributed by atoms with van der Waals surface area (Å²) in [6.07, 6.45) is 3.09. The summed E-state index contributed by atoms with van der Waals surface area (Å²) in [6, 6.07) is 4.22. The predicted molar refractivity (Wildman–Crippen MR) is 74.2 cm³/mol. The second-order valence-electron chi connectivity index (χ2n) is 5.07. The Morgan fingerprint density at radius 1 is 1.35 bits per heavy atom. The molecule has 1 N–H and O–H groups in total. The first-order valence-corrected chi connectivity index (χ1v) is 6.49. The van der Waals surface area contributed by atoms with Gasteiger partial charge in [-0.05, 0) is 31.0 Å². The molecule has 1 aromatic heterocycles. The minimum absolute atomic E-state index is 0.707. The van der Waals surface area contributed by atoms with Crippen LogP contribution in [0.4, 0.5) is 5.82 Å². The van der Waals surface area contributed by atoms with Gasteiger partial charge in [-0.15, -0.1) is 0 Å². The highest BCUT2D eigenvalue weighted by Crippen LogP contribution is 2.08. The van der Waals surface area contributed by atoms with E-state index < -0.39 is 0 Å². The Balaban J connectivity index is 2.44. The van der Waals surface area contributed by atoms with E-state index in [1.54, 1.807) is 0 Å². The molecule has 0 aliphatic rings. The smallest absolute Gasteiger partial charge is 0.125 e. The molecule has 17 heavy (non-hydrogen) atoms. The zero-order valence-electron chi connectivity index (χ0n) is 11.5. The van der Waals surface area contributed by atoms with Gasteiger partial charge in [-0.25, -0.2) is 4.98 Å². The molecule has 0 aliphatic carbocycles. The van der Waals surface area contributed by atoms with Crippen LogP contribution in [0.3, 0.4) is 0 Å². The lowest BCUT2D eigenvalue weighted by atomic mass is 10.2. The van der Waals surface area contributed by atoms with Crippen molar-refractivity contribution < 1.29 is 0 Å². The van der Waals surface area contributed by atoms with E-state index in [9.17, 15) is 0 Å². The summed E-state index contributed by atoms with van der Waals surface area (Å²) in [7, 11) is 2.16. The highest BCUT2D eigenvalue weighted by molar-refractivity contribution is 5.35. The van der Waals surface area contributed by atoms with Crippen molar-refractivity contribution in [2.45, 2.75) is 33.7 Å². The van der Waals surface area contributed by atoms with Crippen LogP contribution < -0.4 is 5.32 Å². The normalized spacial score (nSPS) is 11.2. The van der Waals surface area contributed by atoms with E-state index in [1.165, 1.54) is 5.56 Å². The van der Waals surface area contributed by atoms with E-state index in [0.29, 0.717) is 5.92 Å². The maximum atomic E-state index is 4.41. The Bertz CT molecular complexity index is 306. The van der Waals surface area contributed by atoms with Crippen LogP contribution in [-0.2, 0) is 6.54 Å². The topological polar surface area (TPSA) is 28.2 Å². The average Bonchev–Trinajstić information content (AvgIpc) is 2.27. The third-order valence-electron chi connectivity index (χ3n) is 2.51. The van der Waals surface area contributed by atoms with Gasteiger partial charge in [-0.1, -0.05) is 26.8 Å². The summed E-state index contributed by atoms with van der Waals surface area (Å²) in [4.78, 5) is 6.74. The molecule has 0 saturated heterocycles. The summed E-state index contributed by atoms with van der Waals surface area (Å²) in [6.45, 7) is 9.72. The summed E-state index contributed by atoms with van der Waals surface area (Å²) < 4.78 is 0. The predicted octanol–water partition coefficient (Wildman–Crippen LogP) is 2.99. The molecule has 1 heterocycles. The molecule has 96 valence electrons. The first kappa shape index (κ1) is 14.0. The van der Waals surface area contributed by atoms with Crippen LogP contribution in [0.2, 0.25) is 0 Å². The minimum Gasteiger partial charge on any atom is -0.370 e. The Morgan fingerprint density at radius 2 is 2.12 bits per heavy atom. The van der Waals surface area contributed by atoms with Crippen molar-refractivity contribution in [3.8, 4) is 0 Å². The number of pyridine rings is 1. The van der Waals surface area contributed by atoms with E-state index in [0.717, 1.165) is 31.9 Å². The molecule has 0 saturated carbocycles. The third kappa shape index (κ3) is 5.68. The van der Waals surface area contributed by atoms with Crippen molar-refractivity contribution in [1.82, 2.24) is 9.88 Å². The van der Waals surface area contributed by atoms with Gasteiger partial charge >= 0.3 is 0 Å². The van der Waals surface area contributed by atoms with E-state index in [-0.39, 0.29) is 0 Å². The van der Waals surface area contributed by atoms with E-state index >= 15 is 0 Å². The molecule has 0 fully saturated rings. The zero-order valence-corrected chi connectivity index (χ0v) is 11.5. The zero-order chi connectivity index (χ0) is 12.7. The molecule has 3 heteroatoms. The molecule has 1 rings (SSSR count). The second kappa shape index (κ2) is 7.28. The van der Waals surface area contributed by atoms with Gasteiger partial charge in [0.2, 0.25) is 0 Å². The van der Waals surface area contributed by atoms with Crippen LogP contribution in [0.1, 0.15) is 32.8 Å². The lowest BCUT2D eigenvalue weighted by molar-refractivity contribution is 0.288. The maximum Gasteiger partial charge on any atom is 0.125 e. The molecule has 1 aromatic rings. The van der Waals surface area contributed by atoms with E-state index in [4.69, 9.17) is 0 Å².